The summed E-state index contributed by atoms with van der Waals surface area (Å²) in [6.07, 6.45) is 4.37. The van der Waals surface area contributed by atoms with Gasteiger partial charge in [0.05, 0.1) is 10.6 Å². The molecule has 2 fully saturated rings. The molecule has 3 atom stereocenters. The molecule has 0 unspecified atom stereocenters. The normalized spacial score (nSPS) is 20.6. The highest BCUT2D eigenvalue weighted by Crippen LogP contribution is 2.58. The molecule has 10 nitrogen and oxygen atoms in total. The van der Waals surface area contributed by atoms with Crippen LogP contribution in [0.25, 0.3) is 0 Å². The van der Waals surface area contributed by atoms with Crippen molar-refractivity contribution >= 4 is 29.2 Å². The highest BCUT2D eigenvalue weighted by Gasteiger charge is 2.55. The first-order chi connectivity index (χ1) is 25.0. The van der Waals surface area contributed by atoms with E-state index in [0.717, 1.165) is 48.8 Å². The molecule has 10 heteroatoms. The van der Waals surface area contributed by atoms with Gasteiger partial charge < -0.3 is 19.1 Å². The van der Waals surface area contributed by atoms with Crippen LogP contribution >= 0.6 is 0 Å². The van der Waals surface area contributed by atoms with Gasteiger partial charge in [0.15, 0.2) is 0 Å². The van der Waals surface area contributed by atoms with Crippen LogP contribution in [0.5, 0.6) is 5.75 Å². The summed E-state index contributed by atoms with van der Waals surface area (Å²) < 4.78 is 18.4. The van der Waals surface area contributed by atoms with E-state index in [-0.39, 0.29) is 48.1 Å². The number of nitro benzene ring substituents is 1. The summed E-state index contributed by atoms with van der Waals surface area (Å²) in [6, 6.07) is 29.5. The third-order valence-corrected chi connectivity index (χ3v) is 10.7. The summed E-state index contributed by atoms with van der Waals surface area (Å²) in [5, 5.41) is 12.4. The van der Waals surface area contributed by atoms with Crippen molar-refractivity contribution in [3.05, 3.63) is 129 Å². The van der Waals surface area contributed by atoms with Crippen molar-refractivity contribution in [2.75, 3.05) is 11.4 Å². The number of nitro groups is 1. The molecule has 0 aromatic heterocycles. The number of rotatable bonds is 8. The van der Waals surface area contributed by atoms with Crippen molar-refractivity contribution < 1.29 is 28.7 Å². The number of para-hydroxylation sites is 2. The molecular formula is C42H45N3O7. The molecule has 1 saturated heterocycles. The number of anilines is 2. The quantitative estimate of drug-likeness (QED) is 0.133. The van der Waals surface area contributed by atoms with E-state index in [9.17, 15) is 19.7 Å². The predicted molar refractivity (Wildman–Crippen MR) is 198 cm³/mol. The van der Waals surface area contributed by atoms with Gasteiger partial charge in [0.2, 0.25) is 0 Å². The van der Waals surface area contributed by atoms with Crippen LogP contribution in [-0.4, -0.2) is 40.2 Å². The minimum atomic E-state index is -0.885. The third kappa shape index (κ3) is 6.94. The van der Waals surface area contributed by atoms with Crippen LogP contribution in [0.4, 0.5) is 26.7 Å². The van der Waals surface area contributed by atoms with Gasteiger partial charge in [-0.25, -0.2) is 14.5 Å². The van der Waals surface area contributed by atoms with E-state index in [2.05, 4.69) is 6.07 Å². The first-order valence-electron chi connectivity index (χ1n) is 18.1. The van der Waals surface area contributed by atoms with E-state index in [1.165, 1.54) is 16.5 Å². The minimum Gasteiger partial charge on any atom is -0.487 e. The number of likely N-dealkylation sites (tertiary alicyclic amines) is 1. The fourth-order valence-electron chi connectivity index (χ4n) is 8.53. The predicted octanol–water partition coefficient (Wildman–Crippen LogP) is 9.64. The molecule has 4 aromatic rings. The Bertz CT molecular complexity index is 1940. The Morgan fingerprint density at radius 2 is 1.56 bits per heavy atom. The maximum atomic E-state index is 14.2. The smallest absolute Gasteiger partial charge is 0.419 e. The maximum absolute atomic E-state index is 14.2. The Morgan fingerprint density at radius 1 is 0.885 bits per heavy atom. The molecule has 1 heterocycles. The largest absolute Gasteiger partial charge is 0.487 e. The van der Waals surface area contributed by atoms with Crippen LogP contribution in [0.2, 0.25) is 0 Å². The molecule has 52 heavy (non-hydrogen) atoms. The zero-order chi connectivity index (χ0) is 36.5. The van der Waals surface area contributed by atoms with Crippen molar-refractivity contribution in [1.29, 1.82) is 0 Å². The molecule has 2 bridgehead atoms. The number of benzene rings is 4. The van der Waals surface area contributed by atoms with Crippen molar-refractivity contribution in [3.63, 3.8) is 0 Å². The summed E-state index contributed by atoms with van der Waals surface area (Å²) in [6.45, 7) is 6.29. The monoisotopic (exact) mass is 703 g/mol. The zero-order valence-electron chi connectivity index (χ0n) is 30.0. The van der Waals surface area contributed by atoms with Gasteiger partial charge in [0.1, 0.15) is 30.3 Å². The van der Waals surface area contributed by atoms with Crippen molar-refractivity contribution in [3.8, 4) is 5.75 Å². The van der Waals surface area contributed by atoms with Crippen LogP contribution in [0, 0.1) is 16.0 Å². The van der Waals surface area contributed by atoms with Gasteiger partial charge in [-0.05, 0) is 92.8 Å². The highest BCUT2D eigenvalue weighted by atomic mass is 16.6. The topological polar surface area (TPSA) is 111 Å². The van der Waals surface area contributed by atoms with Gasteiger partial charge in [-0.15, -0.1) is 0 Å². The van der Waals surface area contributed by atoms with Crippen molar-refractivity contribution in [1.82, 2.24) is 4.90 Å². The van der Waals surface area contributed by atoms with E-state index in [0.29, 0.717) is 24.4 Å². The molecule has 2 aliphatic carbocycles. The zero-order valence-corrected chi connectivity index (χ0v) is 30.0. The number of fused-ring (bicyclic) bond motifs is 1. The molecule has 1 aliphatic heterocycles. The Balaban J connectivity index is 1.35. The van der Waals surface area contributed by atoms with Crippen molar-refractivity contribution in [2.45, 2.75) is 89.6 Å². The molecule has 0 N–H and O–H groups in total. The second-order valence-electron chi connectivity index (χ2n) is 15.1. The first kappa shape index (κ1) is 35.0. The van der Waals surface area contributed by atoms with Gasteiger partial charge in [-0.1, -0.05) is 85.6 Å². The molecule has 3 aliphatic rings. The third-order valence-electron chi connectivity index (χ3n) is 10.7. The Morgan fingerprint density at radius 3 is 2.25 bits per heavy atom. The fraction of sp³-hybridized carbons (Fsp3) is 0.381. The summed E-state index contributed by atoms with van der Waals surface area (Å²) in [4.78, 5) is 43.1. The molecule has 0 radical (unpaired) electrons. The average Bonchev–Trinajstić information content (AvgIpc) is 3.13. The number of carbonyl (C=O) groups is 2. The lowest BCUT2D eigenvalue weighted by molar-refractivity contribution is -0.384. The Labute approximate surface area is 304 Å². The average molecular weight is 704 g/mol. The fourth-order valence-corrected chi connectivity index (χ4v) is 8.53. The van der Waals surface area contributed by atoms with Crippen LogP contribution in [-0.2, 0) is 34.5 Å². The molecule has 2 amide bonds. The number of piperidine rings is 1. The number of ether oxygens (including phenoxy) is 3. The SMILES string of the molecule is CC(C)(C)OC(=O)N(c1cc2c(cc1OCc1ccccc1)[C@@]13CCCC[C@H]1[C@@H](C2)N(C(=O)OCc1ccccc1)CC3)c1ccccc1[N+](=O)[O-]. The molecule has 4 aromatic carbocycles. The number of nitrogens with zero attached hydrogens (tertiary/aromatic N) is 3. The Kier molecular flexibility index (Phi) is 9.65. The molecule has 0 spiro atoms. The van der Waals surface area contributed by atoms with Crippen LogP contribution < -0.4 is 9.64 Å². The van der Waals surface area contributed by atoms with E-state index < -0.39 is 16.6 Å². The lowest BCUT2D eigenvalue weighted by Gasteiger charge is -2.58. The van der Waals surface area contributed by atoms with Crippen LogP contribution in [0.3, 0.4) is 0 Å². The lowest BCUT2D eigenvalue weighted by atomic mass is 9.52. The molecule has 1 saturated carbocycles. The standard InChI is InChI=1S/C42H45N3O7/c1-41(2,3)52-40(47)44(34-19-10-11-20-35(34)45(48)49)37-25-31-24-36-32-18-12-13-21-42(32,33(31)26-38(37)50-27-29-14-6-4-7-15-29)22-23-43(36)39(46)51-28-30-16-8-5-9-17-30/h4-11,14-17,19-20,25-26,32,36H,12-13,18,21-24,27-28H2,1-3H3/t32-,36+,42+/m0/s1. The van der Waals surface area contributed by atoms with Crippen molar-refractivity contribution in [2.24, 2.45) is 5.92 Å². The van der Waals surface area contributed by atoms with E-state index in [1.54, 1.807) is 39.0 Å². The second-order valence-corrected chi connectivity index (χ2v) is 15.1. The summed E-state index contributed by atoms with van der Waals surface area (Å²) in [5.74, 6) is 0.672. The number of carbonyl (C=O) groups excluding carboxylic acids is 2. The van der Waals surface area contributed by atoms with Crippen LogP contribution in [0.1, 0.15) is 75.1 Å². The maximum Gasteiger partial charge on any atom is 0.419 e. The van der Waals surface area contributed by atoms with Gasteiger partial charge in [0.25, 0.3) is 5.69 Å². The van der Waals surface area contributed by atoms with Gasteiger partial charge >= 0.3 is 12.2 Å². The molecule has 270 valence electrons. The lowest BCUT2D eigenvalue weighted by Crippen LogP contribution is -2.62. The summed E-state index contributed by atoms with van der Waals surface area (Å²) >= 11 is 0. The summed E-state index contributed by atoms with van der Waals surface area (Å²) in [5.41, 5.74) is 3.13. The molecule has 7 rings (SSSR count). The number of hydrogen-bond donors (Lipinski definition) is 0. The van der Waals surface area contributed by atoms with Crippen LogP contribution in [0.15, 0.2) is 97.1 Å². The van der Waals surface area contributed by atoms with Gasteiger partial charge in [-0.2, -0.15) is 0 Å². The summed E-state index contributed by atoms with van der Waals surface area (Å²) in [7, 11) is 0. The first-order valence-corrected chi connectivity index (χ1v) is 18.1. The van der Waals surface area contributed by atoms with E-state index in [1.807, 2.05) is 71.6 Å². The minimum absolute atomic E-state index is 0.0714. The molecular weight excluding hydrogens is 658 g/mol. The highest BCUT2D eigenvalue weighted by molar-refractivity contribution is 6.00. The van der Waals surface area contributed by atoms with E-state index in [4.69, 9.17) is 14.2 Å². The Hall–Kier alpha value is -5.38. The number of hydrogen-bond acceptors (Lipinski definition) is 7. The van der Waals surface area contributed by atoms with Gasteiger partial charge in [-0.3, -0.25) is 10.1 Å². The number of amides is 2. The second kappa shape index (κ2) is 14.3. The van der Waals surface area contributed by atoms with E-state index >= 15 is 0 Å². The van der Waals surface area contributed by atoms with Gasteiger partial charge in [0, 0.05) is 24.1 Å².